The van der Waals surface area contributed by atoms with Gasteiger partial charge in [-0.05, 0) is 30.4 Å². The van der Waals surface area contributed by atoms with E-state index in [1.165, 1.54) is 4.90 Å². The molecule has 2 fully saturated rings. The highest BCUT2D eigenvalue weighted by molar-refractivity contribution is 6.04. The SMILES string of the molecule is CC12CCC(C(=O)N(CCC(=O)NCc3ccco3)C1=O)C2(C)C. The number of rotatable bonds is 5. The molecule has 24 heavy (non-hydrogen) atoms. The van der Waals surface area contributed by atoms with Crippen molar-refractivity contribution in [1.29, 1.82) is 0 Å². The summed E-state index contributed by atoms with van der Waals surface area (Å²) in [4.78, 5) is 38.8. The normalized spacial score (nSPS) is 28.3. The van der Waals surface area contributed by atoms with Crippen LogP contribution in [0.3, 0.4) is 0 Å². The molecule has 2 unspecified atom stereocenters. The van der Waals surface area contributed by atoms with Crippen molar-refractivity contribution in [1.82, 2.24) is 10.2 Å². The Kier molecular flexibility index (Phi) is 4.01. The van der Waals surface area contributed by atoms with E-state index in [2.05, 4.69) is 5.32 Å². The van der Waals surface area contributed by atoms with Gasteiger partial charge in [0.2, 0.25) is 17.7 Å². The third-order valence-corrected chi connectivity index (χ3v) is 6.11. The van der Waals surface area contributed by atoms with Gasteiger partial charge in [-0.2, -0.15) is 0 Å². The molecule has 2 bridgehead atoms. The van der Waals surface area contributed by atoms with E-state index in [0.717, 1.165) is 12.8 Å². The van der Waals surface area contributed by atoms with E-state index in [9.17, 15) is 14.4 Å². The van der Waals surface area contributed by atoms with Gasteiger partial charge in [0, 0.05) is 18.9 Å². The molecule has 0 spiro atoms. The van der Waals surface area contributed by atoms with Crippen LogP contribution in [0.1, 0.15) is 45.8 Å². The zero-order valence-electron chi connectivity index (χ0n) is 14.4. The predicted octanol–water partition coefficient (Wildman–Crippen LogP) is 2.10. The largest absolute Gasteiger partial charge is 0.467 e. The maximum Gasteiger partial charge on any atom is 0.235 e. The van der Waals surface area contributed by atoms with Crippen LogP contribution in [0.2, 0.25) is 0 Å². The molecule has 1 aromatic heterocycles. The molecule has 1 aromatic rings. The van der Waals surface area contributed by atoms with Gasteiger partial charge in [-0.15, -0.1) is 0 Å². The number of carbonyl (C=O) groups excluding carboxylic acids is 3. The molecule has 1 aliphatic carbocycles. The summed E-state index contributed by atoms with van der Waals surface area (Å²) in [6, 6.07) is 3.53. The zero-order chi connectivity index (χ0) is 17.5. The highest BCUT2D eigenvalue weighted by Gasteiger charge is 2.64. The topological polar surface area (TPSA) is 79.6 Å². The van der Waals surface area contributed by atoms with E-state index in [1.807, 2.05) is 20.8 Å². The second-order valence-corrected chi connectivity index (χ2v) is 7.55. The molecule has 6 heteroatoms. The molecule has 3 amide bonds. The summed E-state index contributed by atoms with van der Waals surface area (Å²) in [6.45, 7) is 6.42. The monoisotopic (exact) mass is 332 g/mol. The number of nitrogens with zero attached hydrogens (tertiary/aromatic N) is 1. The lowest BCUT2D eigenvalue weighted by molar-refractivity contribution is -0.167. The molecule has 0 radical (unpaired) electrons. The van der Waals surface area contributed by atoms with Crippen molar-refractivity contribution in [2.75, 3.05) is 6.54 Å². The van der Waals surface area contributed by atoms with E-state index in [-0.39, 0.29) is 42.0 Å². The number of imide groups is 1. The van der Waals surface area contributed by atoms with Gasteiger partial charge in [0.1, 0.15) is 5.76 Å². The van der Waals surface area contributed by atoms with Gasteiger partial charge in [-0.1, -0.05) is 20.8 Å². The van der Waals surface area contributed by atoms with Crippen molar-refractivity contribution >= 4 is 17.7 Å². The number of hydrogen-bond acceptors (Lipinski definition) is 4. The van der Waals surface area contributed by atoms with Crippen LogP contribution in [0.4, 0.5) is 0 Å². The first kappa shape index (κ1) is 16.7. The van der Waals surface area contributed by atoms with E-state index in [4.69, 9.17) is 4.42 Å². The molecule has 1 saturated carbocycles. The van der Waals surface area contributed by atoms with Gasteiger partial charge in [0.25, 0.3) is 0 Å². The van der Waals surface area contributed by atoms with Crippen molar-refractivity contribution in [2.24, 2.45) is 16.7 Å². The quantitative estimate of drug-likeness (QED) is 0.838. The molecular formula is C18H24N2O4. The standard InChI is InChI=1S/C18H24N2O4/c1-17(2)13-6-8-18(17,3)16(23)20(15(13)22)9-7-14(21)19-11-12-5-4-10-24-12/h4-5,10,13H,6-9,11H2,1-3H3,(H,19,21). The molecule has 1 saturated heterocycles. The predicted molar refractivity (Wildman–Crippen MR) is 86.5 cm³/mol. The molecule has 2 heterocycles. The Labute approximate surface area is 141 Å². The number of fused-ring (bicyclic) bond motifs is 2. The van der Waals surface area contributed by atoms with Gasteiger partial charge in [0.15, 0.2) is 0 Å². The van der Waals surface area contributed by atoms with Crippen LogP contribution < -0.4 is 5.32 Å². The Morgan fingerprint density at radius 1 is 1.38 bits per heavy atom. The van der Waals surface area contributed by atoms with Crippen LogP contribution in [-0.2, 0) is 20.9 Å². The highest BCUT2D eigenvalue weighted by atomic mass is 16.3. The van der Waals surface area contributed by atoms with E-state index in [1.54, 1.807) is 18.4 Å². The number of carbonyl (C=O) groups is 3. The van der Waals surface area contributed by atoms with E-state index >= 15 is 0 Å². The Morgan fingerprint density at radius 3 is 2.79 bits per heavy atom. The fourth-order valence-electron chi connectivity index (χ4n) is 4.01. The van der Waals surface area contributed by atoms with Gasteiger partial charge in [-0.3, -0.25) is 19.3 Å². The molecular weight excluding hydrogens is 308 g/mol. The lowest BCUT2D eigenvalue weighted by Gasteiger charge is -2.47. The number of amides is 3. The van der Waals surface area contributed by atoms with Crippen LogP contribution in [-0.4, -0.2) is 29.2 Å². The first-order valence-corrected chi connectivity index (χ1v) is 8.42. The van der Waals surface area contributed by atoms with Crippen LogP contribution >= 0.6 is 0 Å². The summed E-state index contributed by atoms with van der Waals surface area (Å²) in [6.07, 6.45) is 3.14. The lowest BCUT2D eigenvalue weighted by atomic mass is 9.62. The first-order chi connectivity index (χ1) is 11.3. The Bertz CT molecular complexity index is 665. The summed E-state index contributed by atoms with van der Waals surface area (Å²) in [7, 11) is 0. The second-order valence-electron chi connectivity index (χ2n) is 7.55. The minimum Gasteiger partial charge on any atom is -0.467 e. The minimum absolute atomic E-state index is 0.113. The van der Waals surface area contributed by atoms with Crippen molar-refractivity contribution in [2.45, 2.75) is 46.6 Å². The van der Waals surface area contributed by atoms with Crippen molar-refractivity contribution in [3.63, 3.8) is 0 Å². The first-order valence-electron chi connectivity index (χ1n) is 8.42. The number of furan rings is 1. The summed E-state index contributed by atoms with van der Waals surface area (Å²) in [5.74, 6) is 0.0744. The number of hydrogen-bond donors (Lipinski definition) is 1. The van der Waals surface area contributed by atoms with Crippen LogP contribution in [0, 0.1) is 16.7 Å². The van der Waals surface area contributed by atoms with Gasteiger partial charge < -0.3 is 9.73 Å². The fourth-order valence-corrected chi connectivity index (χ4v) is 4.01. The number of piperidine rings is 1. The number of likely N-dealkylation sites (tertiary alicyclic amines) is 1. The average molecular weight is 332 g/mol. The minimum atomic E-state index is -0.518. The molecule has 2 atom stereocenters. The summed E-state index contributed by atoms with van der Waals surface area (Å²) in [5, 5.41) is 2.74. The molecule has 1 N–H and O–H groups in total. The Morgan fingerprint density at radius 2 is 2.12 bits per heavy atom. The third-order valence-electron chi connectivity index (χ3n) is 6.11. The van der Waals surface area contributed by atoms with Gasteiger partial charge in [0.05, 0.1) is 18.2 Å². The smallest absolute Gasteiger partial charge is 0.235 e. The van der Waals surface area contributed by atoms with E-state index < -0.39 is 5.41 Å². The van der Waals surface area contributed by atoms with E-state index in [0.29, 0.717) is 12.3 Å². The maximum atomic E-state index is 12.8. The summed E-state index contributed by atoms with van der Waals surface area (Å²) in [5.41, 5.74) is -0.838. The van der Waals surface area contributed by atoms with Crippen LogP contribution in [0.5, 0.6) is 0 Å². The Hall–Kier alpha value is -2.11. The molecule has 2 aliphatic rings. The Balaban J connectivity index is 1.60. The third kappa shape index (κ3) is 2.44. The fraction of sp³-hybridized carbons (Fsp3) is 0.611. The molecule has 0 aromatic carbocycles. The highest BCUT2D eigenvalue weighted by Crippen LogP contribution is 2.59. The molecule has 1 aliphatic heterocycles. The number of nitrogens with one attached hydrogen (secondary N) is 1. The summed E-state index contributed by atoms with van der Waals surface area (Å²) >= 11 is 0. The molecule has 3 rings (SSSR count). The summed E-state index contributed by atoms with van der Waals surface area (Å²) < 4.78 is 5.15. The molecule has 130 valence electrons. The zero-order valence-corrected chi connectivity index (χ0v) is 14.4. The van der Waals surface area contributed by atoms with Gasteiger partial charge in [-0.25, -0.2) is 0 Å². The van der Waals surface area contributed by atoms with Crippen molar-refractivity contribution < 1.29 is 18.8 Å². The lowest BCUT2D eigenvalue weighted by Crippen LogP contribution is -2.59. The van der Waals surface area contributed by atoms with Crippen LogP contribution in [0.25, 0.3) is 0 Å². The van der Waals surface area contributed by atoms with Crippen LogP contribution in [0.15, 0.2) is 22.8 Å². The average Bonchev–Trinajstić information content (AvgIpc) is 3.10. The van der Waals surface area contributed by atoms with Crippen molar-refractivity contribution in [3.8, 4) is 0 Å². The van der Waals surface area contributed by atoms with Gasteiger partial charge >= 0.3 is 0 Å². The van der Waals surface area contributed by atoms with Crippen molar-refractivity contribution in [3.05, 3.63) is 24.2 Å². The maximum absolute atomic E-state index is 12.8. The molecule has 6 nitrogen and oxygen atoms in total. The second kappa shape index (κ2) is 5.76.